The fourth-order valence-corrected chi connectivity index (χ4v) is 1.55. The normalized spacial score (nSPS) is 9.65. The Labute approximate surface area is 100 Å². The largest absolute Gasteiger partial charge is 0.481 e. The summed E-state index contributed by atoms with van der Waals surface area (Å²) in [7, 11) is 0. The zero-order valence-corrected chi connectivity index (χ0v) is 9.63. The molecule has 0 fully saturated rings. The lowest BCUT2D eigenvalue weighted by Crippen LogP contribution is -1.95. The summed E-state index contributed by atoms with van der Waals surface area (Å²) in [6.07, 6.45) is 0. The molecule has 0 saturated heterocycles. The van der Waals surface area contributed by atoms with Gasteiger partial charge in [-0.05, 0) is 24.1 Å². The van der Waals surface area contributed by atoms with E-state index in [2.05, 4.69) is 4.98 Å². The van der Waals surface area contributed by atoms with Crippen LogP contribution in [0.3, 0.4) is 0 Å². The Morgan fingerprint density at radius 2 is 1.88 bits per heavy atom. The quantitative estimate of drug-likeness (QED) is 0.739. The Bertz CT molecular complexity index is 544. The number of rotatable bonds is 3. The highest BCUT2D eigenvalue weighted by molar-refractivity contribution is 5.57. The van der Waals surface area contributed by atoms with E-state index in [1.54, 1.807) is 6.07 Å². The third kappa shape index (κ3) is 2.82. The van der Waals surface area contributed by atoms with E-state index in [1.165, 1.54) is 0 Å². The monoisotopic (exact) mass is 225 g/mol. The van der Waals surface area contributed by atoms with Crippen molar-refractivity contribution in [2.24, 2.45) is 0 Å². The van der Waals surface area contributed by atoms with Crippen molar-refractivity contribution in [3.8, 4) is 5.75 Å². The second-order valence-electron chi connectivity index (χ2n) is 3.85. The molecule has 0 aromatic heterocycles. The van der Waals surface area contributed by atoms with Crippen molar-refractivity contribution in [2.75, 3.05) is 0 Å². The Hall–Kier alpha value is -2.34. The highest BCUT2D eigenvalue weighted by Crippen LogP contribution is 2.29. The molecule has 0 aliphatic rings. The molecule has 2 rings (SSSR count). The first-order chi connectivity index (χ1) is 8.29. The lowest BCUT2D eigenvalue weighted by atomic mass is 10.2. The Morgan fingerprint density at radius 1 is 1.12 bits per heavy atom. The van der Waals surface area contributed by atoms with Gasteiger partial charge < -0.3 is 4.74 Å². The van der Waals surface area contributed by atoms with E-state index in [1.807, 2.05) is 49.4 Å². The molecule has 17 heavy (non-hydrogen) atoms. The molecule has 84 valence electrons. The number of aryl methyl sites for hydroxylation is 1. The van der Waals surface area contributed by atoms with Gasteiger partial charge in [0.15, 0.2) is 4.98 Å². The van der Waals surface area contributed by atoms with Gasteiger partial charge in [0.2, 0.25) is 11.1 Å². The predicted octanol–water partition coefficient (Wildman–Crippen LogP) is 4.06. The van der Waals surface area contributed by atoms with Crippen molar-refractivity contribution >= 4 is 5.69 Å². The summed E-state index contributed by atoms with van der Waals surface area (Å²) in [6, 6.07) is 15.3. The minimum absolute atomic E-state index is 0.450. The number of hydrogen-bond acceptors (Lipinski definition) is 2. The zero-order chi connectivity index (χ0) is 12.1. The average Bonchev–Trinajstić information content (AvgIpc) is 2.38. The molecule has 0 bridgehead atoms. The molecule has 0 radical (unpaired) electrons. The highest BCUT2D eigenvalue weighted by Gasteiger charge is 2.14. The molecule has 3 nitrogen and oxygen atoms in total. The summed E-state index contributed by atoms with van der Waals surface area (Å²) < 4.78 is 5.64. The number of nitrogens with zero attached hydrogens (tertiary/aromatic N) is 2. The van der Waals surface area contributed by atoms with Gasteiger partial charge in [0.1, 0.15) is 6.61 Å². The highest BCUT2D eigenvalue weighted by atomic mass is 16.5. The maximum Gasteiger partial charge on any atom is 0.426 e. The van der Waals surface area contributed by atoms with Crippen LogP contribution in [0.5, 0.6) is 5.75 Å². The van der Waals surface area contributed by atoms with Gasteiger partial charge in [-0.2, -0.15) is 0 Å². The summed E-state index contributed by atoms with van der Waals surface area (Å²) in [6.45, 7) is 2.43. The molecule has 2 aromatic rings. The number of hydrogen-bond donors (Lipinski definition) is 0. The van der Waals surface area contributed by atoms with Crippen LogP contribution in [0.25, 0.3) is 4.98 Å². The summed E-state index contributed by atoms with van der Waals surface area (Å²) in [5, 5.41) is 8.85. The topological polar surface area (TPSA) is 37.4 Å². The molecule has 0 spiro atoms. The average molecular weight is 225 g/mol. The molecule has 0 atom stereocenters. The van der Waals surface area contributed by atoms with Crippen LogP contribution in [-0.4, -0.2) is 0 Å². The van der Waals surface area contributed by atoms with Crippen molar-refractivity contribution in [1.29, 1.82) is 5.39 Å². The number of ether oxygens (including phenoxy) is 1. The zero-order valence-electron chi connectivity index (χ0n) is 9.63. The summed E-state index contributed by atoms with van der Waals surface area (Å²) >= 11 is 0. The van der Waals surface area contributed by atoms with Crippen LogP contribution in [0.2, 0.25) is 0 Å². The summed E-state index contributed by atoms with van der Waals surface area (Å²) in [5.41, 5.74) is 2.60. The van der Waals surface area contributed by atoms with E-state index in [0.717, 1.165) is 11.1 Å². The fraction of sp³-hybridized carbons (Fsp3) is 0.143. The Balaban J connectivity index is 2.14. The van der Waals surface area contributed by atoms with Crippen molar-refractivity contribution in [3.63, 3.8) is 0 Å². The van der Waals surface area contributed by atoms with Crippen LogP contribution >= 0.6 is 0 Å². The predicted molar refractivity (Wildman–Crippen MR) is 66.7 cm³/mol. The smallest absolute Gasteiger partial charge is 0.426 e. The number of benzene rings is 2. The molecule has 0 saturated carbocycles. The lowest BCUT2D eigenvalue weighted by molar-refractivity contribution is 0.308. The second kappa shape index (κ2) is 5.13. The van der Waals surface area contributed by atoms with E-state index in [4.69, 9.17) is 10.1 Å². The first kappa shape index (κ1) is 11.2. The first-order valence-electron chi connectivity index (χ1n) is 5.42. The first-order valence-corrected chi connectivity index (χ1v) is 5.42. The molecule has 0 N–H and O–H groups in total. The molecular weight excluding hydrogens is 212 g/mol. The molecule has 3 heteroatoms. The van der Waals surface area contributed by atoms with Crippen molar-refractivity contribution < 1.29 is 4.74 Å². The fourth-order valence-electron chi connectivity index (χ4n) is 1.55. The van der Waals surface area contributed by atoms with Gasteiger partial charge >= 0.3 is 5.69 Å². The maximum absolute atomic E-state index is 8.85. The molecule has 0 heterocycles. The van der Waals surface area contributed by atoms with Gasteiger partial charge in [0, 0.05) is 6.07 Å². The van der Waals surface area contributed by atoms with E-state index < -0.39 is 0 Å². The van der Waals surface area contributed by atoms with Gasteiger partial charge in [0.25, 0.3) is 0 Å². The van der Waals surface area contributed by atoms with Crippen LogP contribution in [0.1, 0.15) is 11.1 Å². The summed E-state index contributed by atoms with van der Waals surface area (Å²) in [5.74, 6) is 0.594. The van der Waals surface area contributed by atoms with E-state index in [0.29, 0.717) is 18.0 Å². The lowest BCUT2D eigenvalue weighted by Gasteiger charge is -2.04. The van der Waals surface area contributed by atoms with Crippen molar-refractivity contribution in [1.82, 2.24) is 0 Å². The minimum Gasteiger partial charge on any atom is -0.481 e. The van der Waals surface area contributed by atoms with Crippen LogP contribution < -0.4 is 4.74 Å². The molecule has 0 unspecified atom stereocenters. The molecule has 0 aliphatic carbocycles. The van der Waals surface area contributed by atoms with Gasteiger partial charge in [-0.25, -0.2) is 0 Å². The third-order valence-corrected chi connectivity index (χ3v) is 2.46. The molecule has 0 aliphatic heterocycles. The molecule has 2 aromatic carbocycles. The second-order valence-corrected chi connectivity index (χ2v) is 3.85. The van der Waals surface area contributed by atoms with E-state index in [-0.39, 0.29) is 0 Å². The van der Waals surface area contributed by atoms with Gasteiger partial charge in [-0.3, -0.25) is 0 Å². The summed E-state index contributed by atoms with van der Waals surface area (Å²) in [4.78, 5) is 3.20. The third-order valence-electron chi connectivity index (χ3n) is 2.46. The van der Waals surface area contributed by atoms with Crippen LogP contribution in [0.15, 0.2) is 48.5 Å². The van der Waals surface area contributed by atoms with E-state index in [9.17, 15) is 0 Å². The molecular formula is C14H13N2O+. The maximum atomic E-state index is 8.85. The standard InChI is InChI=1S/C14H13N2O/c1-11-7-8-13(16-15)14(9-11)17-10-12-5-3-2-4-6-12/h2-9H,10H2,1H3/q+1. The van der Waals surface area contributed by atoms with Crippen molar-refractivity contribution in [3.05, 3.63) is 64.6 Å². The van der Waals surface area contributed by atoms with Crippen LogP contribution in [0, 0.1) is 12.3 Å². The van der Waals surface area contributed by atoms with Crippen LogP contribution in [-0.2, 0) is 6.61 Å². The molecule has 0 amide bonds. The SMILES string of the molecule is Cc1ccc([N+]#N)c(OCc2ccccc2)c1. The van der Waals surface area contributed by atoms with Crippen molar-refractivity contribution in [2.45, 2.75) is 13.5 Å². The van der Waals surface area contributed by atoms with Gasteiger partial charge in [-0.1, -0.05) is 36.4 Å². The van der Waals surface area contributed by atoms with Gasteiger partial charge in [0.05, 0.1) is 0 Å². The van der Waals surface area contributed by atoms with Crippen LogP contribution in [0.4, 0.5) is 5.69 Å². The Kier molecular flexibility index (Phi) is 3.37. The number of diazo groups is 1. The van der Waals surface area contributed by atoms with Gasteiger partial charge in [-0.15, -0.1) is 0 Å². The van der Waals surface area contributed by atoms with E-state index >= 15 is 0 Å². The minimum atomic E-state index is 0.450. The Morgan fingerprint density at radius 3 is 2.59 bits per heavy atom.